The minimum atomic E-state index is -1.29. The first-order valence-corrected chi connectivity index (χ1v) is 7.24. The number of rotatable bonds is 3. The lowest BCUT2D eigenvalue weighted by molar-refractivity contribution is -0.214. The third-order valence-corrected chi connectivity index (χ3v) is 3.95. The Balaban J connectivity index is 1.86. The maximum absolute atomic E-state index is 10.0. The molecule has 8 heteroatoms. The van der Waals surface area contributed by atoms with Gasteiger partial charge in [-0.25, -0.2) is 4.68 Å². The zero-order valence-electron chi connectivity index (χ0n) is 12.8. The van der Waals surface area contributed by atoms with Crippen molar-refractivity contribution < 1.29 is 24.8 Å². The molecule has 1 aliphatic rings. The van der Waals surface area contributed by atoms with Crippen LogP contribution in [0.2, 0.25) is 0 Å². The summed E-state index contributed by atoms with van der Waals surface area (Å²) in [5.41, 5.74) is 2.46. The second-order valence-corrected chi connectivity index (χ2v) is 5.54. The molecule has 124 valence electrons. The van der Waals surface area contributed by atoms with E-state index in [0.717, 1.165) is 16.9 Å². The van der Waals surface area contributed by atoms with E-state index >= 15 is 0 Å². The Morgan fingerprint density at radius 3 is 2.74 bits per heavy atom. The van der Waals surface area contributed by atoms with Crippen LogP contribution in [0.15, 0.2) is 24.4 Å². The number of benzene rings is 1. The van der Waals surface area contributed by atoms with E-state index in [1.807, 2.05) is 25.1 Å². The Bertz CT molecular complexity index is 690. The summed E-state index contributed by atoms with van der Waals surface area (Å²) in [6, 6.07) is 5.59. The third-order valence-electron chi connectivity index (χ3n) is 3.95. The highest BCUT2D eigenvalue weighted by atomic mass is 16.5. The van der Waals surface area contributed by atoms with Gasteiger partial charge in [-0.2, -0.15) is 0 Å². The van der Waals surface area contributed by atoms with Gasteiger partial charge in [0.1, 0.15) is 29.8 Å². The van der Waals surface area contributed by atoms with Gasteiger partial charge in [-0.3, -0.25) is 0 Å². The van der Waals surface area contributed by atoms with Crippen molar-refractivity contribution >= 4 is 0 Å². The smallest absolute Gasteiger partial charge is 0.180 e. The van der Waals surface area contributed by atoms with E-state index < -0.39 is 24.5 Å². The number of aliphatic hydroxyl groups is 3. The van der Waals surface area contributed by atoms with Gasteiger partial charge >= 0.3 is 0 Å². The molecule has 3 rings (SSSR count). The van der Waals surface area contributed by atoms with E-state index in [-0.39, 0.29) is 6.61 Å². The van der Waals surface area contributed by atoms with E-state index in [0.29, 0.717) is 5.69 Å². The number of aliphatic hydroxyl groups excluding tert-OH is 3. The van der Waals surface area contributed by atoms with Crippen LogP contribution >= 0.6 is 0 Å². The fraction of sp³-hybridized carbons (Fsp3) is 0.467. The lowest BCUT2D eigenvalue weighted by Gasteiger charge is -2.34. The van der Waals surface area contributed by atoms with Gasteiger partial charge in [0.15, 0.2) is 6.23 Å². The predicted octanol–water partition coefficient (Wildman–Crippen LogP) is -0.126. The quantitative estimate of drug-likeness (QED) is 0.722. The van der Waals surface area contributed by atoms with Crippen molar-refractivity contribution in [3.8, 4) is 17.0 Å². The maximum Gasteiger partial charge on any atom is 0.180 e. The highest BCUT2D eigenvalue weighted by molar-refractivity contribution is 5.63. The number of hydrogen-bond donors (Lipinski definition) is 3. The first kappa shape index (κ1) is 15.9. The van der Waals surface area contributed by atoms with Crippen LogP contribution < -0.4 is 4.74 Å². The molecule has 1 aliphatic heterocycles. The minimum absolute atomic E-state index is 0.0837. The van der Waals surface area contributed by atoms with Crippen LogP contribution in [-0.4, -0.2) is 62.3 Å². The van der Waals surface area contributed by atoms with E-state index in [1.165, 1.54) is 4.68 Å². The van der Waals surface area contributed by atoms with Crippen molar-refractivity contribution in [2.24, 2.45) is 0 Å². The molecule has 0 radical (unpaired) electrons. The first-order valence-electron chi connectivity index (χ1n) is 7.24. The van der Waals surface area contributed by atoms with Crippen LogP contribution in [0, 0.1) is 6.92 Å². The standard InChI is InChI=1S/C15H19N3O5/c1-8-5-9(22-2)3-4-10(8)11-6-18(17-16-11)15-14(21)13(20)12(19)7-23-15/h3-6,12-15,19-21H,7H2,1-2H3/t12-,13+,14-,15-/m1/s1. The van der Waals surface area contributed by atoms with Gasteiger partial charge in [0.25, 0.3) is 0 Å². The molecule has 23 heavy (non-hydrogen) atoms. The summed E-state index contributed by atoms with van der Waals surface area (Å²) in [4.78, 5) is 0. The van der Waals surface area contributed by atoms with Crippen LogP contribution in [0.1, 0.15) is 11.8 Å². The topological polar surface area (TPSA) is 110 Å². The van der Waals surface area contributed by atoms with Gasteiger partial charge in [0.05, 0.1) is 19.9 Å². The van der Waals surface area contributed by atoms with E-state index in [9.17, 15) is 15.3 Å². The molecule has 0 spiro atoms. The molecule has 8 nitrogen and oxygen atoms in total. The molecule has 0 saturated carbocycles. The molecule has 0 bridgehead atoms. The molecule has 2 aromatic rings. The average Bonchev–Trinajstić information content (AvgIpc) is 3.02. The molecule has 3 N–H and O–H groups in total. The van der Waals surface area contributed by atoms with Gasteiger partial charge in [-0.15, -0.1) is 5.10 Å². The van der Waals surface area contributed by atoms with Gasteiger partial charge in [-0.1, -0.05) is 5.21 Å². The molecule has 0 aliphatic carbocycles. The van der Waals surface area contributed by atoms with Gasteiger partial charge in [0, 0.05) is 5.56 Å². The summed E-state index contributed by atoms with van der Waals surface area (Å²) in [5.74, 6) is 0.752. The molecule has 2 heterocycles. The molecule has 0 unspecified atom stereocenters. The largest absolute Gasteiger partial charge is 0.497 e. The second kappa shape index (κ2) is 6.25. The van der Waals surface area contributed by atoms with Crippen LogP contribution in [0.3, 0.4) is 0 Å². The van der Waals surface area contributed by atoms with Crippen molar-refractivity contribution in [3.05, 3.63) is 30.0 Å². The third kappa shape index (κ3) is 2.93. The Hall–Kier alpha value is -2.00. The second-order valence-electron chi connectivity index (χ2n) is 5.54. The average molecular weight is 321 g/mol. The normalized spacial score (nSPS) is 27.9. The molecule has 1 aromatic heterocycles. The number of aromatic nitrogens is 3. The molecular weight excluding hydrogens is 302 g/mol. The van der Waals surface area contributed by atoms with Crippen LogP contribution in [0.25, 0.3) is 11.3 Å². The summed E-state index contributed by atoms with van der Waals surface area (Å²) in [7, 11) is 1.60. The van der Waals surface area contributed by atoms with Crippen LogP contribution in [-0.2, 0) is 4.74 Å². The Kier molecular flexibility index (Phi) is 4.31. The van der Waals surface area contributed by atoms with Crippen molar-refractivity contribution in [2.45, 2.75) is 31.5 Å². The van der Waals surface area contributed by atoms with Crippen molar-refractivity contribution in [2.75, 3.05) is 13.7 Å². The molecule has 1 aromatic carbocycles. The number of ether oxygens (including phenoxy) is 2. The fourth-order valence-electron chi connectivity index (χ4n) is 2.60. The van der Waals surface area contributed by atoms with E-state index in [1.54, 1.807) is 13.3 Å². The number of hydrogen-bond acceptors (Lipinski definition) is 7. The fourth-order valence-corrected chi connectivity index (χ4v) is 2.60. The monoisotopic (exact) mass is 321 g/mol. The van der Waals surface area contributed by atoms with Gasteiger partial charge in [-0.05, 0) is 30.7 Å². The Morgan fingerprint density at radius 1 is 1.26 bits per heavy atom. The minimum Gasteiger partial charge on any atom is -0.497 e. The number of methoxy groups -OCH3 is 1. The zero-order chi connectivity index (χ0) is 16.6. The van der Waals surface area contributed by atoms with Crippen molar-refractivity contribution in [1.29, 1.82) is 0 Å². The SMILES string of the molecule is COc1ccc(-c2cn([C@@H]3OC[C@@H](O)[C@H](O)[C@H]3O)nn2)c(C)c1. The molecule has 0 amide bonds. The van der Waals surface area contributed by atoms with Crippen LogP contribution in [0.5, 0.6) is 5.75 Å². The lowest BCUT2D eigenvalue weighted by atomic mass is 10.0. The van der Waals surface area contributed by atoms with E-state index in [2.05, 4.69) is 10.3 Å². The summed E-state index contributed by atoms with van der Waals surface area (Å²) in [6.07, 6.45) is -2.96. The predicted molar refractivity (Wildman–Crippen MR) is 79.8 cm³/mol. The Morgan fingerprint density at radius 2 is 2.04 bits per heavy atom. The highest BCUT2D eigenvalue weighted by Gasteiger charge is 2.39. The molecule has 1 saturated heterocycles. The molecule has 1 fully saturated rings. The summed E-state index contributed by atoms with van der Waals surface area (Å²) in [5, 5.41) is 37.3. The zero-order valence-corrected chi connectivity index (χ0v) is 12.8. The number of nitrogens with zero attached hydrogens (tertiary/aromatic N) is 3. The number of aryl methyl sites for hydroxylation is 1. The first-order chi connectivity index (χ1) is 11.0. The molecule has 4 atom stereocenters. The van der Waals surface area contributed by atoms with E-state index in [4.69, 9.17) is 9.47 Å². The van der Waals surface area contributed by atoms with Gasteiger partial charge < -0.3 is 24.8 Å². The highest BCUT2D eigenvalue weighted by Crippen LogP contribution is 2.28. The lowest BCUT2D eigenvalue weighted by Crippen LogP contribution is -2.50. The maximum atomic E-state index is 10.0. The Labute approximate surface area is 132 Å². The molecular formula is C15H19N3O5. The summed E-state index contributed by atoms with van der Waals surface area (Å²) >= 11 is 0. The summed E-state index contributed by atoms with van der Waals surface area (Å²) in [6.45, 7) is 1.85. The van der Waals surface area contributed by atoms with Crippen molar-refractivity contribution in [1.82, 2.24) is 15.0 Å². The van der Waals surface area contributed by atoms with Gasteiger partial charge in [0.2, 0.25) is 0 Å². The van der Waals surface area contributed by atoms with Crippen molar-refractivity contribution in [3.63, 3.8) is 0 Å². The van der Waals surface area contributed by atoms with Crippen LogP contribution in [0.4, 0.5) is 0 Å². The summed E-state index contributed by atoms with van der Waals surface area (Å²) < 4.78 is 11.9.